The smallest absolute Gasteiger partial charge is 0.415 e. The Morgan fingerprint density at radius 3 is 2.11 bits per heavy atom. The summed E-state index contributed by atoms with van der Waals surface area (Å²) in [6, 6.07) is 0. The highest BCUT2D eigenvalue weighted by atomic mass is 16.9. The molecule has 2 aliphatic rings. The molecule has 2 aliphatic carbocycles. The fourth-order valence-corrected chi connectivity index (χ4v) is 2.23. The van der Waals surface area contributed by atoms with Gasteiger partial charge in [0, 0.05) is 18.9 Å². The maximum Gasteiger partial charge on any atom is 0.415 e. The Hall–Kier alpha value is -1.71. The molecule has 0 saturated carbocycles. The van der Waals surface area contributed by atoms with Crippen LogP contribution in [0.5, 0.6) is 0 Å². The van der Waals surface area contributed by atoms with Gasteiger partial charge in [0.15, 0.2) is 0 Å². The van der Waals surface area contributed by atoms with Crippen molar-refractivity contribution in [3.63, 3.8) is 0 Å². The van der Waals surface area contributed by atoms with E-state index in [-0.39, 0.29) is 0 Å². The summed E-state index contributed by atoms with van der Waals surface area (Å²) in [7, 11) is 0. The van der Waals surface area contributed by atoms with Crippen LogP contribution in [-0.2, 0) is 19.0 Å². The lowest BCUT2D eigenvalue weighted by Gasteiger charge is -2.30. The third kappa shape index (κ3) is 3.88. The third-order valence-electron chi connectivity index (χ3n) is 3.08. The number of ether oxygens (including phenoxy) is 3. The molecule has 19 heavy (non-hydrogen) atoms. The number of carbonyl (C=O) groups is 1. The van der Waals surface area contributed by atoms with Crippen molar-refractivity contribution in [3.05, 3.63) is 36.3 Å². The first-order chi connectivity index (χ1) is 9.11. The first kappa shape index (κ1) is 13.7. The molecule has 0 amide bonds. The molecule has 4 nitrogen and oxygen atoms in total. The van der Waals surface area contributed by atoms with Gasteiger partial charge in [-0.3, -0.25) is 0 Å². The Bertz CT molecular complexity index is 394. The molecule has 0 heterocycles. The van der Waals surface area contributed by atoms with Crippen molar-refractivity contribution in [2.45, 2.75) is 51.4 Å². The van der Waals surface area contributed by atoms with E-state index in [1.165, 1.54) is 0 Å². The standard InChI is InChI=1S/C15H20O4/c1-3-14(16)19-15(2,17-12-8-4-5-9-12)18-13-10-6-7-11-13/h3,8,10H,1,4-7,9,11H2,2H3. The Balaban J connectivity index is 2.05. The monoisotopic (exact) mass is 264 g/mol. The zero-order chi connectivity index (χ0) is 13.7. The van der Waals surface area contributed by atoms with Gasteiger partial charge in [0.1, 0.15) is 11.5 Å². The van der Waals surface area contributed by atoms with E-state index < -0.39 is 11.9 Å². The minimum absolute atomic E-state index is 0.556. The van der Waals surface area contributed by atoms with Crippen LogP contribution in [0.3, 0.4) is 0 Å². The molecule has 0 unspecified atom stereocenters. The lowest BCUT2D eigenvalue weighted by atomic mass is 10.3. The van der Waals surface area contributed by atoms with E-state index in [2.05, 4.69) is 6.58 Å². The van der Waals surface area contributed by atoms with Gasteiger partial charge in [0.2, 0.25) is 0 Å². The van der Waals surface area contributed by atoms with Crippen LogP contribution in [0, 0.1) is 0 Å². The van der Waals surface area contributed by atoms with E-state index in [0.29, 0.717) is 0 Å². The first-order valence-corrected chi connectivity index (χ1v) is 6.73. The van der Waals surface area contributed by atoms with Crippen LogP contribution in [-0.4, -0.2) is 11.9 Å². The van der Waals surface area contributed by atoms with Crippen molar-refractivity contribution in [2.24, 2.45) is 0 Å². The lowest BCUT2D eigenvalue weighted by Crippen LogP contribution is -2.37. The largest absolute Gasteiger partial charge is 0.426 e. The highest BCUT2D eigenvalue weighted by Gasteiger charge is 2.35. The predicted octanol–water partition coefficient (Wildman–Crippen LogP) is 3.56. The second-order valence-corrected chi connectivity index (χ2v) is 4.82. The lowest BCUT2D eigenvalue weighted by molar-refractivity contribution is -0.321. The number of hydrogen-bond acceptors (Lipinski definition) is 4. The van der Waals surface area contributed by atoms with Gasteiger partial charge >= 0.3 is 11.9 Å². The first-order valence-electron chi connectivity index (χ1n) is 6.73. The molecule has 0 aromatic heterocycles. The average molecular weight is 264 g/mol. The van der Waals surface area contributed by atoms with Gasteiger partial charge in [-0.1, -0.05) is 6.58 Å². The van der Waals surface area contributed by atoms with Crippen molar-refractivity contribution >= 4 is 5.97 Å². The van der Waals surface area contributed by atoms with Crippen molar-refractivity contribution in [2.75, 3.05) is 0 Å². The summed E-state index contributed by atoms with van der Waals surface area (Å²) < 4.78 is 16.7. The summed E-state index contributed by atoms with van der Waals surface area (Å²) in [4.78, 5) is 11.4. The molecule has 104 valence electrons. The molecule has 0 aliphatic heterocycles. The molecular formula is C15H20O4. The van der Waals surface area contributed by atoms with Crippen molar-refractivity contribution in [3.8, 4) is 0 Å². The molecule has 0 spiro atoms. The summed E-state index contributed by atoms with van der Waals surface area (Å²) in [5.41, 5.74) is 0. The molecular weight excluding hydrogens is 244 g/mol. The Kier molecular flexibility index (Phi) is 4.30. The van der Waals surface area contributed by atoms with Crippen molar-refractivity contribution in [1.29, 1.82) is 0 Å². The van der Waals surface area contributed by atoms with Crippen LogP contribution in [0.1, 0.15) is 45.4 Å². The van der Waals surface area contributed by atoms with E-state index >= 15 is 0 Å². The van der Waals surface area contributed by atoms with Gasteiger partial charge in [-0.15, -0.1) is 0 Å². The van der Waals surface area contributed by atoms with Crippen LogP contribution in [0.4, 0.5) is 0 Å². The Labute approximate surface area is 113 Å². The fourth-order valence-electron chi connectivity index (χ4n) is 2.23. The molecule has 4 heteroatoms. The maximum atomic E-state index is 11.4. The van der Waals surface area contributed by atoms with E-state index in [9.17, 15) is 4.79 Å². The molecule has 0 aromatic carbocycles. The summed E-state index contributed by atoms with van der Waals surface area (Å²) >= 11 is 0. The molecule has 0 aromatic rings. The van der Waals surface area contributed by atoms with E-state index in [1.807, 2.05) is 12.2 Å². The number of hydrogen-bond donors (Lipinski definition) is 0. The van der Waals surface area contributed by atoms with Gasteiger partial charge < -0.3 is 14.2 Å². The highest BCUT2D eigenvalue weighted by Crippen LogP contribution is 2.31. The molecule has 0 radical (unpaired) electrons. The van der Waals surface area contributed by atoms with E-state index in [0.717, 1.165) is 56.1 Å². The molecule has 0 atom stereocenters. The SMILES string of the molecule is C=CC(=O)OC(C)(OC1=CCCC1)OC1=CCCC1. The average Bonchev–Trinajstić information content (AvgIpc) is 3.02. The molecule has 2 rings (SSSR count). The number of rotatable bonds is 6. The topological polar surface area (TPSA) is 44.8 Å². The van der Waals surface area contributed by atoms with Gasteiger partial charge in [-0.25, -0.2) is 4.79 Å². The Morgan fingerprint density at radius 2 is 1.74 bits per heavy atom. The zero-order valence-corrected chi connectivity index (χ0v) is 11.3. The van der Waals surface area contributed by atoms with Crippen LogP contribution in [0.2, 0.25) is 0 Å². The highest BCUT2D eigenvalue weighted by molar-refractivity contribution is 5.81. The van der Waals surface area contributed by atoms with Crippen LogP contribution < -0.4 is 0 Å². The van der Waals surface area contributed by atoms with Gasteiger partial charge in [-0.05, 0) is 37.8 Å². The van der Waals surface area contributed by atoms with Crippen molar-refractivity contribution in [1.82, 2.24) is 0 Å². The normalized spacial score (nSPS) is 18.6. The van der Waals surface area contributed by atoms with E-state index in [4.69, 9.17) is 14.2 Å². The van der Waals surface area contributed by atoms with Crippen LogP contribution in [0.15, 0.2) is 36.3 Å². The minimum atomic E-state index is -1.41. The third-order valence-corrected chi connectivity index (χ3v) is 3.08. The number of carbonyl (C=O) groups excluding carboxylic acids is 1. The van der Waals surface area contributed by atoms with Crippen LogP contribution >= 0.6 is 0 Å². The van der Waals surface area contributed by atoms with Gasteiger partial charge in [-0.2, -0.15) is 0 Å². The zero-order valence-electron chi connectivity index (χ0n) is 11.3. The van der Waals surface area contributed by atoms with Crippen molar-refractivity contribution < 1.29 is 19.0 Å². The van der Waals surface area contributed by atoms with Gasteiger partial charge in [0.25, 0.3) is 0 Å². The molecule has 0 saturated heterocycles. The minimum Gasteiger partial charge on any atom is -0.426 e. The number of allylic oxidation sites excluding steroid dienone is 4. The van der Waals surface area contributed by atoms with Crippen LogP contribution in [0.25, 0.3) is 0 Å². The maximum absolute atomic E-state index is 11.4. The molecule has 0 bridgehead atoms. The molecule has 0 N–H and O–H groups in total. The summed E-state index contributed by atoms with van der Waals surface area (Å²) in [5.74, 6) is -0.326. The Morgan fingerprint density at radius 1 is 1.21 bits per heavy atom. The predicted molar refractivity (Wildman–Crippen MR) is 70.7 cm³/mol. The summed E-state index contributed by atoms with van der Waals surface area (Å²) in [6.07, 6.45) is 10.9. The summed E-state index contributed by atoms with van der Waals surface area (Å²) in [5, 5.41) is 0. The van der Waals surface area contributed by atoms with Gasteiger partial charge in [0.05, 0.1) is 6.92 Å². The quantitative estimate of drug-likeness (QED) is 0.418. The van der Waals surface area contributed by atoms with E-state index in [1.54, 1.807) is 6.92 Å². The molecule has 0 fully saturated rings. The fraction of sp³-hybridized carbons (Fsp3) is 0.533. The second-order valence-electron chi connectivity index (χ2n) is 4.82. The number of esters is 1. The second kappa shape index (κ2) is 5.95. The summed E-state index contributed by atoms with van der Waals surface area (Å²) in [6.45, 7) is 5.01.